The van der Waals surface area contributed by atoms with Crippen LogP contribution in [0.3, 0.4) is 0 Å². The van der Waals surface area contributed by atoms with Crippen LogP contribution < -0.4 is 4.90 Å². The van der Waals surface area contributed by atoms with Crippen LogP contribution in [0.15, 0.2) is 217 Å². The van der Waals surface area contributed by atoms with Crippen LogP contribution in [0.4, 0.5) is 17.1 Å². The Hall–Kier alpha value is -7.46. The van der Waals surface area contributed by atoms with E-state index in [1.165, 1.54) is 58.4 Å². The first kappa shape index (κ1) is 33.7. The van der Waals surface area contributed by atoms with Gasteiger partial charge in [0.15, 0.2) is 0 Å². The lowest BCUT2D eigenvalue weighted by Crippen LogP contribution is -2.11. The van der Waals surface area contributed by atoms with Gasteiger partial charge in [0.2, 0.25) is 0 Å². The molecular weight excluding hydrogens is 735 g/mol. The Morgan fingerprint density at radius 1 is 0.339 bits per heavy atom. The minimum absolute atomic E-state index is 0.875. The van der Waals surface area contributed by atoms with Gasteiger partial charge in [0.05, 0.1) is 5.69 Å². The summed E-state index contributed by atoms with van der Waals surface area (Å²) in [6, 6.07) is 77.2. The molecule has 0 N–H and O–H groups in total. The van der Waals surface area contributed by atoms with Crippen LogP contribution >= 0.6 is 11.3 Å². The van der Waals surface area contributed by atoms with Gasteiger partial charge in [-0.25, -0.2) is 0 Å². The van der Waals surface area contributed by atoms with Gasteiger partial charge in [0, 0.05) is 47.9 Å². The number of benzene rings is 10. The summed E-state index contributed by atoms with van der Waals surface area (Å²) < 4.78 is 8.98. The van der Waals surface area contributed by atoms with E-state index in [1.54, 1.807) is 0 Å². The van der Waals surface area contributed by atoms with Gasteiger partial charge in [-0.15, -0.1) is 11.3 Å². The molecule has 0 fully saturated rings. The van der Waals surface area contributed by atoms with Crippen LogP contribution in [-0.2, 0) is 0 Å². The smallest absolute Gasteiger partial charge is 0.135 e. The Morgan fingerprint density at radius 3 is 1.90 bits per heavy atom. The zero-order chi connectivity index (χ0) is 38.9. The van der Waals surface area contributed by atoms with Crippen LogP contribution in [0.1, 0.15) is 0 Å². The van der Waals surface area contributed by atoms with Crippen molar-refractivity contribution in [2.45, 2.75) is 0 Å². The summed E-state index contributed by atoms with van der Waals surface area (Å²) in [6.45, 7) is 0. The van der Waals surface area contributed by atoms with Crippen molar-refractivity contribution in [3.63, 3.8) is 0 Å². The van der Waals surface area contributed by atoms with Gasteiger partial charge in [-0.3, -0.25) is 0 Å². The first-order chi connectivity index (χ1) is 29.2. The molecule has 0 amide bonds. The number of anilines is 3. The van der Waals surface area contributed by atoms with Gasteiger partial charge in [-0.05, 0) is 104 Å². The molecule has 276 valence electrons. The number of furan rings is 1. The van der Waals surface area contributed by atoms with Crippen LogP contribution in [0.5, 0.6) is 0 Å². The fourth-order valence-electron chi connectivity index (χ4n) is 9.11. The predicted octanol–water partition coefficient (Wildman–Crippen LogP) is 16.7. The summed E-state index contributed by atoms with van der Waals surface area (Å²) in [5.41, 5.74) is 12.1. The zero-order valence-corrected chi connectivity index (χ0v) is 32.8. The van der Waals surface area contributed by atoms with E-state index >= 15 is 0 Å². The van der Waals surface area contributed by atoms with E-state index in [0.717, 1.165) is 55.7 Å². The third-order valence-corrected chi connectivity index (χ3v) is 13.1. The molecule has 0 saturated heterocycles. The Kier molecular flexibility index (Phi) is 7.75. The van der Waals surface area contributed by atoms with Gasteiger partial charge >= 0.3 is 0 Å². The largest absolute Gasteiger partial charge is 0.456 e. The molecule has 2 heterocycles. The van der Waals surface area contributed by atoms with Crippen molar-refractivity contribution in [2.24, 2.45) is 0 Å². The molecule has 0 aliphatic rings. The highest BCUT2D eigenvalue weighted by Crippen LogP contribution is 2.47. The van der Waals surface area contributed by atoms with Gasteiger partial charge in [-0.2, -0.15) is 0 Å². The van der Waals surface area contributed by atoms with Crippen molar-refractivity contribution in [2.75, 3.05) is 4.90 Å². The normalized spacial score (nSPS) is 11.7. The molecule has 10 aromatic carbocycles. The molecule has 0 aliphatic heterocycles. The Balaban J connectivity index is 1.14. The molecule has 2 nitrogen and oxygen atoms in total. The maximum atomic E-state index is 6.37. The summed E-state index contributed by atoms with van der Waals surface area (Å²) in [5.74, 6) is 0. The number of thiophene rings is 1. The van der Waals surface area contributed by atoms with E-state index in [9.17, 15) is 0 Å². The fraction of sp³-hybridized carbons (Fsp3) is 0. The number of para-hydroxylation sites is 1. The lowest BCUT2D eigenvalue weighted by molar-refractivity contribution is 0.669. The molecule has 0 radical (unpaired) electrons. The maximum Gasteiger partial charge on any atom is 0.135 e. The minimum atomic E-state index is 0.875. The number of hydrogen-bond acceptors (Lipinski definition) is 3. The topological polar surface area (TPSA) is 16.4 Å². The molecular formula is C56H35NOS. The minimum Gasteiger partial charge on any atom is -0.456 e. The van der Waals surface area contributed by atoms with Crippen molar-refractivity contribution < 1.29 is 4.42 Å². The van der Waals surface area contributed by atoms with Crippen LogP contribution in [0.25, 0.3) is 97.0 Å². The van der Waals surface area contributed by atoms with Crippen molar-refractivity contribution in [1.29, 1.82) is 0 Å². The first-order valence-electron chi connectivity index (χ1n) is 20.1. The summed E-state index contributed by atoms with van der Waals surface area (Å²) in [7, 11) is 0. The Bertz CT molecular complexity index is 3580. The van der Waals surface area contributed by atoms with Crippen LogP contribution in [0.2, 0.25) is 0 Å². The van der Waals surface area contributed by atoms with E-state index in [-0.39, 0.29) is 0 Å². The molecule has 0 bridgehead atoms. The molecule has 0 atom stereocenters. The van der Waals surface area contributed by atoms with Crippen molar-refractivity contribution in [3.8, 4) is 33.4 Å². The Morgan fingerprint density at radius 2 is 1.00 bits per heavy atom. The number of nitrogens with zero attached hydrogens (tertiary/aromatic N) is 1. The van der Waals surface area contributed by atoms with Crippen molar-refractivity contribution in [3.05, 3.63) is 212 Å². The Labute approximate surface area is 345 Å². The molecule has 0 aliphatic carbocycles. The van der Waals surface area contributed by atoms with E-state index in [1.807, 2.05) is 17.4 Å². The molecule has 59 heavy (non-hydrogen) atoms. The third kappa shape index (κ3) is 5.55. The quantitative estimate of drug-likeness (QED) is 0.157. The van der Waals surface area contributed by atoms with Crippen LogP contribution in [-0.4, -0.2) is 0 Å². The van der Waals surface area contributed by atoms with Crippen molar-refractivity contribution >= 4 is 92.1 Å². The second-order valence-electron chi connectivity index (χ2n) is 15.2. The lowest BCUT2D eigenvalue weighted by Gasteiger charge is -2.29. The van der Waals surface area contributed by atoms with E-state index in [2.05, 4.69) is 211 Å². The highest BCUT2D eigenvalue weighted by atomic mass is 32.1. The molecule has 12 rings (SSSR count). The van der Waals surface area contributed by atoms with Gasteiger partial charge in [-0.1, -0.05) is 158 Å². The monoisotopic (exact) mass is 769 g/mol. The molecule has 0 saturated carbocycles. The number of fused-ring (bicyclic) bond motifs is 9. The molecule has 12 aromatic rings. The molecule has 2 aromatic heterocycles. The summed E-state index contributed by atoms with van der Waals surface area (Å²) in [5, 5.41) is 9.78. The number of hydrogen-bond donors (Lipinski definition) is 0. The average Bonchev–Trinajstić information content (AvgIpc) is 3.88. The van der Waals surface area contributed by atoms with E-state index in [4.69, 9.17) is 4.42 Å². The highest BCUT2D eigenvalue weighted by molar-refractivity contribution is 7.26. The summed E-state index contributed by atoms with van der Waals surface area (Å²) >= 11 is 1.87. The number of rotatable bonds is 6. The zero-order valence-electron chi connectivity index (χ0n) is 32.0. The third-order valence-electron chi connectivity index (χ3n) is 11.8. The summed E-state index contributed by atoms with van der Waals surface area (Å²) in [4.78, 5) is 2.45. The SMILES string of the molecule is c1ccc(-c2ccc(-c3cc4ccccc4c4ccccc34)cc2N(c2cccc(-c3cccc4c3sc3ccccc34)c2)c2ccc3oc4ccccc4c3c2)cc1. The molecule has 0 unspecified atom stereocenters. The fourth-order valence-corrected chi connectivity index (χ4v) is 10.3. The standard InChI is InChI=1S/C56H35NOS/c1-2-14-36(15-3-1)43-30-28-39(50-33-38-16-4-5-19-42(38)45-20-6-7-21-46(45)50)34-52(43)57(41-29-31-54-51(35-41)47-22-8-10-26-53(47)58-54)40-18-12-17-37(32-40)44-24-13-25-49-48-23-9-11-27-55(48)59-56(44)49/h1-35H. The van der Waals surface area contributed by atoms with Gasteiger partial charge in [0.25, 0.3) is 0 Å². The maximum absolute atomic E-state index is 6.37. The molecule has 0 spiro atoms. The van der Waals surface area contributed by atoms with Crippen molar-refractivity contribution in [1.82, 2.24) is 0 Å². The second kappa shape index (κ2) is 13.6. The average molecular weight is 770 g/mol. The van der Waals surface area contributed by atoms with E-state index in [0.29, 0.717) is 0 Å². The lowest BCUT2D eigenvalue weighted by atomic mass is 9.91. The molecule has 3 heteroatoms. The van der Waals surface area contributed by atoms with Crippen LogP contribution in [0, 0.1) is 0 Å². The first-order valence-corrected chi connectivity index (χ1v) is 20.9. The van der Waals surface area contributed by atoms with Gasteiger partial charge in [0.1, 0.15) is 11.2 Å². The summed E-state index contributed by atoms with van der Waals surface area (Å²) in [6.07, 6.45) is 0. The van der Waals surface area contributed by atoms with E-state index < -0.39 is 0 Å². The second-order valence-corrected chi connectivity index (χ2v) is 16.3. The predicted molar refractivity (Wildman–Crippen MR) is 253 cm³/mol. The highest BCUT2D eigenvalue weighted by Gasteiger charge is 2.22. The van der Waals surface area contributed by atoms with Gasteiger partial charge < -0.3 is 9.32 Å².